The van der Waals surface area contributed by atoms with Crippen molar-refractivity contribution in [2.45, 2.75) is 18.9 Å². The van der Waals surface area contributed by atoms with Gasteiger partial charge in [-0.05, 0) is 19.9 Å². The molecular formula is C17H34IN5O3. The molecule has 2 aliphatic rings. The lowest BCUT2D eigenvalue weighted by atomic mass is 10.2. The first-order valence-electron chi connectivity index (χ1n) is 9.19. The molecule has 9 heteroatoms. The van der Waals surface area contributed by atoms with E-state index in [4.69, 9.17) is 9.47 Å². The zero-order chi connectivity index (χ0) is 18.1. The Kier molecular flexibility index (Phi) is 11.4. The second-order valence-electron chi connectivity index (χ2n) is 6.58. The van der Waals surface area contributed by atoms with Crippen LogP contribution in [0.1, 0.15) is 12.8 Å². The molecule has 2 fully saturated rings. The summed E-state index contributed by atoms with van der Waals surface area (Å²) in [4.78, 5) is 23.1. The number of hydrogen-bond acceptors (Lipinski definition) is 5. The quantitative estimate of drug-likeness (QED) is 0.315. The molecule has 0 aliphatic carbocycles. The second kappa shape index (κ2) is 12.7. The number of likely N-dealkylation sites (N-methyl/N-ethyl adjacent to an activating group) is 1. The third-order valence-electron chi connectivity index (χ3n) is 4.76. The number of aliphatic imine (C=N–C) groups is 1. The van der Waals surface area contributed by atoms with E-state index in [-0.39, 0.29) is 36.0 Å². The van der Waals surface area contributed by atoms with Crippen LogP contribution in [-0.2, 0) is 14.3 Å². The van der Waals surface area contributed by atoms with Gasteiger partial charge in [0.15, 0.2) is 5.96 Å². The Balaban J connectivity index is 0.00000338. The maximum atomic E-state index is 12.4. The van der Waals surface area contributed by atoms with Gasteiger partial charge in [0.05, 0.1) is 6.61 Å². The molecule has 1 amide bonds. The summed E-state index contributed by atoms with van der Waals surface area (Å²) in [5.74, 6) is 1.06. The summed E-state index contributed by atoms with van der Waals surface area (Å²) >= 11 is 0. The van der Waals surface area contributed by atoms with Gasteiger partial charge in [-0.1, -0.05) is 0 Å². The van der Waals surface area contributed by atoms with E-state index in [0.717, 1.165) is 71.2 Å². The maximum absolute atomic E-state index is 12.4. The lowest BCUT2D eigenvalue weighted by Gasteiger charge is -2.37. The van der Waals surface area contributed by atoms with Crippen molar-refractivity contribution in [2.75, 3.05) is 80.2 Å². The lowest BCUT2D eigenvalue weighted by Crippen LogP contribution is -2.55. The normalized spacial score (nSPS) is 21.1. The van der Waals surface area contributed by atoms with Crippen LogP contribution >= 0.6 is 24.0 Å². The number of rotatable bonds is 7. The maximum Gasteiger partial charge on any atom is 0.251 e. The minimum absolute atomic E-state index is 0. The first-order valence-corrected chi connectivity index (χ1v) is 9.19. The highest BCUT2D eigenvalue weighted by molar-refractivity contribution is 14.0. The van der Waals surface area contributed by atoms with Gasteiger partial charge in [-0.3, -0.25) is 9.79 Å². The number of nitrogens with one attached hydrogen (secondary N) is 1. The third kappa shape index (κ3) is 7.16. The summed E-state index contributed by atoms with van der Waals surface area (Å²) in [7, 11) is 5.61. The topological polar surface area (TPSA) is 69.6 Å². The summed E-state index contributed by atoms with van der Waals surface area (Å²) in [5.41, 5.74) is 0. The molecule has 1 atom stereocenters. The second-order valence-corrected chi connectivity index (χ2v) is 6.58. The minimum Gasteiger partial charge on any atom is -0.383 e. The fraction of sp³-hybridized carbons (Fsp3) is 0.882. The monoisotopic (exact) mass is 483 g/mol. The molecule has 2 heterocycles. The number of nitrogens with zero attached hydrogens (tertiary/aromatic N) is 4. The summed E-state index contributed by atoms with van der Waals surface area (Å²) < 4.78 is 10.6. The molecule has 0 aromatic heterocycles. The molecule has 2 aliphatic heterocycles. The van der Waals surface area contributed by atoms with E-state index in [1.807, 2.05) is 4.90 Å². The molecule has 0 radical (unpaired) electrons. The Labute approximate surface area is 174 Å². The number of carbonyl (C=O) groups is 1. The molecule has 0 aromatic rings. The highest BCUT2D eigenvalue weighted by Crippen LogP contribution is 2.16. The van der Waals surface area contributed by atoms with E-state index in [9.17, 15) is 4.79 Å². The van der Waals surface area contributed by atoms with Crippen LogP contribution in [0.15, 0.2) is 4.99 Å². The summed E-state index contributed by atoms with van der Waals surface area (Å²) in [6.45, 7) is 7.20. The Bertz CT molecular complexity index is 438. The fourth-order valence-electron chi connectivity index (χ4n) is 3.16. The van der Waals surface area contributed by atoms with Gasteiger partial charge >= 0.3 is 0 Å². The average molecular weight is 483 g/mol. The van der Waals surface area contributed by atoms with E-state index >= 15 is 0 Å². The van der Waals surface area contributed by atoms with E-state index in [1.54, 1.807) is 14.2 Å². The number of guanidine groups is 1. The molecular weight excluding hydrogens is 449 g/mol. The Morgan fingerprint density at radius 3 is 2.54 bits per heavy atom. The van der Waals surface area contributed by atoms with Crippen molar-refractivity contribution in [3.05, 3.63) is 0 Å². The molecule has 2 saturated heterocycles. The van der Waals surface area contributed by atoms with Gasteiger partial charge in [-0.25, -0.2) is 0 Å². The van der Waals surface area contributed by atoms with Gasteiger partial charge in [-0.2, -0.15) is 0 Å². The largest absolute Gasteiger partial charge is 0.383 e. The van der Waals surface area contributed by atoms with Gasteiger partial charge in [0.1, 0.15) is 6.10 Å². The number of halogens is 1. The van der Waals surface area contributed by atoms with Gasteiger partial charge in [0, 0.05) is 66.6 Å². The van der Waals surface area contributed by atoms with Crippen LogP contribution < -0.4 is 5.32 Å². The molecule has 0 aromatic carbocycles. The molecule has 8 nitrogen and oxygen atoms in total. The fourth-order valence-corrected chi connectivity index (χ4v) is 3.16. The molecule has 2 rings (SSSR count). The van der Waals surface area contributed by atoms with Gasteiger partial charge in [0.25, 0.3) is 5.91 Å². The predicted octanol–water partition coefficient (Wildman–Crippen LogP) is 0.0812. The SMILES string of the molecule is CN=C(NCCN(C)CCOC)N1CCN(C(=O)C2CCCO2)CC1.I. The van der Waals surface area contributed by atoms with E-state index in [1.165, 1.54) is 0 Å². The van der Waals surface area contributed by atoms with Crippen molar-refractivity contribution in [1.29, 1.82) is 0 Å². The van der Waals surface area contributed by atoms with Gasteiger partial charge in [-0.15, -0.1) is 24.0 Å². The Morgan fingerprint density at radius 1 is 1.27 bits per heavy atom. The lowest BCUT2D eigenvalue weighted by molar-refractivity contribution is -0.142. The van der Waals surface area contributed by atoms with Crippen molar-refractivity contribution in [3.63, 3.8) is 0 Å². The Morgan fingerprint density at radius 2 is 1.96 bits per heavy atom. The smallest absolute Gasteiger partial charge is 0.251 e. The number of hydrogen-bond donors (Lipinski definition) is 1. The van der Waals surface area contributed by atoms with Crippen molar-refractivity contribution in [2.24, 2.45) is 4.99 Å². The van der Waals surface area contributed by atoms with Crippen LogP contribution in [0.25, 0.3) is 0 Å². The molecule has 152 valence electrons. The highest BCUT2D eigenvalue weighted by Gasteiger charge is 2.30. The standard InChI is InChI=1S/C17H33N5O3.HI/c1-18-17(19-6-7-20(2)12-14-24-3)22-10-8-21(9-11-22)16(23)15-5-4-13-25-15;/h15H,4-14H2,1-3H3,(H,18,19);1H. The highest BCUT2D eigenvalue weighted by atomic mass is 127. The molecule has 0 spiro atoms. The molecule has 0 bridgehead atoms. The van der Waals surface area contributed by atoms with Crippen LogP contribution in [0.2, 0.25) is 0 Å². The van der Waals surface area contributed by atoms with Crippen LogP contribution in [-0.4, -0.2) is 113 Å². The summed E-state index contributed by atoms with van der Waals surface area (Å²) in [5, 5.41) is 3.41. The van der Waals surface area contributed by atoms with E-state index < -0.39 is 0 Å². The zero-order valence-electron chi connectivity index (χ0n) is 16.3. The number of piperazine rings is 1. The van der Waals surface area contributed by atoms with E-state index in [2.05, 4.69) is 27.2 Å². The average Bonchev–Trinajstić information content (AvgIpc) is 3.18. The molecule has 1 unspecified atom stereocenters. The number of carbonyl (C=O) groups excluding carboxylic acids is 1. The predicted molar refractivity (Wildman–Crippen MR) is 113 cm³/mol. The first kappa shape index (κ1) is 23.4. The molecule has 1 N–H and O–H groups in total. The number of methoxy groups -OCH3 is 1. The number of amides is 1. The van der Waals surface area contributed by atoms with Crippen molar-refractivity contribution >= 4 is 35.8 Å². The van der Waals surface area contributed by atoms with Crippen LogP contribution in [0, 0.1) is 0 Å². The number of ether oxygens (including phenoxy) is 2. The molecule has 0 saturated carbocycles. The zero-order valence-corrected chi connectivity index (χ0v) is 18.6. The first-order chi connectivity index (χ1) is 12.2. The van der Waals surface area contributed by atoms with Crippen LogP contribution in [0.5, 0.6) is 0 Å². The van der Waals surface area contributed by atoms with Crippen molar-refractivity contribution in [3.8, 4) is 0 Å². The van der Waals surface area contributed by atoms with E-state index in [0.29, 0.717) is 6.61 Å². The van der Waals surface area contributed by atoms with Crippen LogP contribution in [0.4, 0.5) is 0 Å². The van der Waals surface area contributed by atoms with Gasteiger partial charge < -0.3 is 29.5 Å². The summed E-state index contributed by atoms with van der Waals surface area (Å²) in [6.07, 6.45) is 1.64. The summed E-state index contributed by atoms with van der Waals surface area (Å²) in [6, 6.07) is 0. The van der Waals surface area contributed by atoms with Crippen molar-refractivity contribution in [1.82, 2.24) is 20.0 Å². The Hall–Kier alpha value is -0.650. The van der Waals surface area contributed by atoms with Gasteiger partial charge in [0.2, 0.25) is 0 Å². The molecule has 26 heavy (non-hydrogen) atoms. The third-order valence-corrected chi connectivity index (χ3v) is 4.76. The van der Waals surface area contributed by atoms with Crippen molar-refractivity contribution < 1.29 is 14.3 Å². The minimum atomic E-state index is -0.216. The van der Waals surface area contributed by atoms with Crippen LogP contribution in [0.3, 0.4) is 0 Å².